The van der Waals surface area contributed by atoms with Gasteiger partial charge in [0.2, 0.25) is 17.7 Å². The Morgan fingerprint density at radius 2 is 1.69 bits per heavy atom. The van der Waals surface area contributed by atoms with E-state index in [9.17, 15) is 14.4 Å². The van der Waals surface area contributed by atoms with Gasteiger partial charge < -0.3 is 14.7 Å². The number of likely N-dealkylation sites (N-methyl/N-ethyl adjacent to an activating group) is 1. The summed E-state index contributed by atoms with van der Waals surface area (Å²) in [4.78, 5) is 43.9. The number of rotatable bonds is 5. The Bertz CT molecular complexity index is 991. The lowest BCUT2D eigenvalue weighted by molar-refractivity contribution is -0.137. The second-order valence-corrected chi connectivity index (χ2v) is 8.80. The highest BCUT2D eigenvalue weighted by atomic mass is 16.2. The number of hydrogen-bond acceptors (Lipinski definition) is 3. The largest absolute Gasteiger partial charge is 0.345 e. The van der Waals surface area contributed by atoms with Crippen LogP contribution in [-0.2, 0) is 20.8 Å². The van der Waals surface area contributed by atoms with E-state index in [0.717, 1.165) is 16.7 Å². The molecule has 2 aliphatic heterocycles. The van der Waals surface area contributed by atoms with Crippen LogP contribution in [0.3, 0.4) is 0 Å². The molecular formula is C26H31N3O3. The van der Waals surface area contributed by atoms with Crippen LogP contribution in [0.5, 0.6) is 0 Å². The number of carbonyl (C=O) groups is 3. The number of benzene rings is 2. The van der Waals surface area contributed by atoms with E-state index in [0.29, 0.717) is 39.1 Å². The van der Waals surface area contributed by atoms with E-state index in [1.165, 1.54) is 0 Å². The summed E-state index contributed by atoms with van der Waals surface area (Å²) in [5.74, 6) is -0.507. The molecule has 0 bridgehead atoms. The van der Waals surface area contributed by atoms with E-state index < -0.39 is 0 Å². The minimum atomic E-state index is -0.312. The Hall–Kier alpha value is -3.15. The van der Waals surface area contributed by atoms with Crippen molar-refractivity contribution < 1.29 is 14.4 Å². The molecule has 0 N–H and O–H groups in total. The fraction of sp³-hybridized carbons (Fsp3) is 0.423. The first-order valence-corrected chi connectivity index (χ1v) is 11.4. The molecule has 168 valence electrons. The average molecular weight is 434 g/mol. The molecule has 3 amide bonds. The van der Waals surface area contributed by atoms with Crippen molar-refractivity contribution in [1.29, 1.82) is 0 Å². The maximum absolute atomic E-state index is 13.3. The van der Waals surface area contributed by atoms with Gasteiger partial charge in [0.15, 0.2) is 0 Å². The van der Waals surface area contributed by atoms with Gasteiger partial charge in [-0.05, 0) is 30.0 Å². The molecule has 2 atom stereocenters. The zero-order valence-corrected chi connectivity index (χ0v) is 18.9. The highest BCUT2D eigenvalue weighted by molar-refractivity contribution is 5.90. The highest BCUT2D eigenvalue weighted by Gasteiger charge is 2.38. The molecule has 0 unspecified atom stereocenters. The van der Waals surface area contributed by atoms with Crippen molar-refractivity contribution in [2.24, 2.45) is 11.8 Å². The number of hydrogen-bond donors (Lipinski definition) is 0. The van der Waals surface area contributed by atoms with Gasteiger partial charge in [-0.2, -0.15) is 0 Å². The lowest BCUT2D eigenvalue weighted by Crippen LogP contribution is -2.41. The van der Waals surface area contributed by atoms with Crippen LogP contribution in [0.1, 0.15) is 18.9 Å². The fourth-order valence-electron chi connectivity index (χ4n) is 4.86. The van der Waals surface area contributed by atoms with Crippen LogP contribution < -0.4 is 0 Å². The van der Waals surface area contributed by atoms with Crippen molar-refractivity contribution in [3.63, 3.8) is 0 Å². The molecule has 0 saturated carbocycles. The van der Waals surface area contributed by atoms with Gasteiger partial charge in [0.05, 0.1) is 11.8 Å². The smallest absolute Gasteiger partial charge is 0.228 e. The fourth-order valence-corrected chi connectivity index (χ4v) is 4.86. The van der Waals surface area contributed by atoms with Crippen LogP contribution in [0.25, 0.3) is 11.1 Å². The molecule has 2 aliphatic rings. The first kappa shape index (κ1) is 22.1. The first-order valence-electron chi connectivity index (χ1n) is 11.4. The van der Waals surface area contributed by atoms with Crippen molar-refractivity contribution >= 4 is 17.7 Å². The van der Waals surface area contributed by atoms with Crippen molar-refractivity contribution in [1.82, 2.24) is 14.7 Å². The zero-order chi connectivity index (χ0) is 22.7. The maximum Gasteiger partial charge on any atom is 0.228 e. The SMILES string of the molecule is CCN1CCN(C(=O)[C@H]2CC(=O)N(C)C2)C[C@H](Cc2ccccc2-c2ccccc2)C1=O. The second-order valence-electron chi connectivity index (χ2n) is 8.80. The minimum absolute atomic E-state index is 0.00482. The van der Waals surface area contributed by atoms with Gasteiger partial charge in [-0.1, -0.05) is 54.6 Å². The predicted octanol–water partition coefficient (Wildman–Crippen LogP) is 2.68. The van der Waals surface area contributed by atoms with Gasteiger partial charge in [-0.3, -0.25) is 14.4 Å². The van der Waals surface area contributed by atoms with Gasteiger partial charge in [0, 0.05) is 46.2 Å². The molecule has 4 rings (SSSR count). The first-order chi connectivity index (χ1) is 15.5. The van der Waals surface area contributed by atoms with Crippen molar-refractivity contribution in [3.05, 3.63) is 60.2 Å². The lowest BCUT2D eigenvalue weighted by atomic mass is 9.91. The molecule has 2 aromatic rings. The molecule has 2 heterocycles. The molecule has 6 heteroatoms. The van der Waals surface area contributed by atoms with E-state index >= 15 is 0 Å². The second kappa shape index (κ2) is 9.55. The monoisotopic (exact) mass is 433 g/mol. The third kappa shape index (κ3) is 4.54. The molecule has 32 heavy (non-hydrogen) atoms. The Morgan fingerprint density at radius 3 is 2.38 bits per heavy atom. The Kier molecular flexibility index (Phi) is 6.58. The number of likely N-dealkylation sites (tertiary alicyclic amines) is 1. The lowest BCUT2D eigenvalue weighted by Gasteiger charge is -2.26. The summed E-state index contributed by atoms with van der Waals surface area (Å²) in [6, 6.07) is 18.4. The molecule has 2 aromatic carbocycles. The number of carbonyl (C=O) groups excluding carboxylic acids is 3. The van der Waals surface area contributed by atoms with Crippen LogP contribution in [0.4, 0.5) is 0 Å². The minimum Gasteiger partial charge on any atom is -0.345 e. The van der Waals surface area contributed by atoms with Gasteiger partial charge in [0.1, 0.15) is 0 Å². The topological polar surface area (TPSA) is 60.9 Å². The van der Waals surface area contributed by atoms with Crippen LogP contribution >= 0.6 is 0 Å². The maximum atomic E-state index is 13.3. The van der Waals surface area contributed by atoms with Crippen LogP contribution in [-0.4, -0.2) is 72.2 Å². The Balaban J connectivity index is 1.58. The third-order valence-electron chi connectivity index (χ3n) is 6.69. The Labute approximate surface area is 189 Å². The third-order valence-corrected chi connectivity index (χ3v) is 6.69. The van der Waals surface area contributed by atoms with Gasteiger partial charge >= 0.3 is 0 Å². The molecule has 2 fully saturated rings. The van der Waals surface area contributed by atoms with Gasteiger partial charge in [0.25, 0.3) is 0 Å². The summed E-state index contributed by atoms with van der Waals surface area (Å²) in [7, 11) is 1.74. The van der Waals surface area contributed by atoms with Gasteiger partial charge in [-0.15, -0.1) is 0 Å². The molecule has 0 radical (unpaired) electrons. The summed E-state index contributed by atoms with van der Waals surface area (Å²) in [6.45, 7) is 4.52. The summed E-state index contributed by atoms with van der Waals surface area (Å²) in [5, 5.41) is 0. The van der Waals surface area contributed by atoms with E-state index in [1.54, 1.807) is 11.9 Å². The van der Waals surface area contributed by atoms with Crippen LogP contribution in [0, 0.1) is 11.8 Å². The normalized spacial score (nSPS) is 21.8. The average Bonchev–Trinajstić information content (AvgIpc) is 3.07. The van der Waals surface area contributed by atoms with Crippen LogP contribution in [0.15, 0.2) is 54.6 Å². The van der Waals surface area contributed by atoms with Crippen molar-refractivity contribution in [3.8, 4) is 11.1 Å². The number of nitrogens with zero attached hydrogens (tertiary/aromatic N) is 3. The van der Waals surface area contributed by atoms with E-state index in [2.05, 4.69) is 24.3 Å². The highest BCUT2D eigenvalue weighted by Crippen LogP contribution is 2.28. The molecule has 2 saturated heterocycles. The van der Waals surface area contributed by atoms with Gasteiger partial charge in [-0.25, -0.2) is 0 Å². The van der Waals surface area contributed by atoms with E-state index in [4.69, 9.17) is 0 Å². The quantitative estimate of drug-likeness (QED) is 0.729. The van der Waals surface area contributed by atoms with E-state index in [-0.39, 0.29) is 36.0 Å². The Morgan fingerprint density at radius 1 is 0.969 bits per heavy atom. The predicted molar refractivity (Wildman–Crippen MR) is 124 cm³/mol. The summed E-state index contributed by atoms with van der Waals surface area (Å²) in [6.07, 6.45) is 0.840. The van der Waals surface area contributed by atoms with E-state index in [1.807, 2.05) is 47.1 Å². The summed E-state index contributed by atoms with van der Waals surface area (Å²) in [5.41, 5.74) is 3.35. The summed E-state index contributed by atoms with van der Waals surface area (Å²) >= 11 is 0. The van der Waals surface area contributed by atoms with Crippen molar-refractivity contribution in [2.45, 2.75) is 19.8 Å². The van der Waals surface area contributed by atoms with Crippen LogP contribution in [0.2, 0.25) is 0 Å². The molecular weight excluding hydrogens is 402 g/mol. The standard InChI is InChI=1S/C26H31N3O3/c1-3-28-13-14-29(26(32)22-16-24(30)27(2)17-22)18-21(25(28)31)15-20-11-7-8-12-23(20)19-9-5-4-6-10-19/h4-12,21-22H,3,13-18H2,1-2H3/t21-,22-/m0/s1. The molecule has 6 nitrogen and oxygen atoms in total. The number of amides is 3. The molecule has 0 spiro atoms. The summed E-state index contributed by atoms with van der Waals surface area (Å²) < 4.78 is 0. The van der Waals surface area contributed by atoms with Crippen molar-refractivity contribution in [2.75, 3.05) is 39.8 Å². The zero-order valence-electron chi connectivity index (χ0n) is 18.9. The molecule has 0 aliphatic carbocycles. The molecule has 0 aromatic heterocycles.